The summed E-state index contributed by atoms with van der Waals surface area (Å²) in [6.07, 6.45) is 0.202. The van der Waals surface area contributed by atoms with Gasteiger partial charge in [-0.1, -0.05) is 42.8 Å². The van der Waals surface area contributed by atoms with Gasteiger partial charge < -0.3 is 10.1 Å². The zero-order valence-electron chi connectivity index (χ0n) is 13.6. The Bertz CT molecular complexity index is 599. The van der Waals surface area contributed by atoms with Crippen LogP contribution in [0, 0.1) is 6.92 Å². The second kappa shape index (κ2) is 9.26. The van der Waals surface area contributed by atoms with Crippen LogP contribution >= 0.6 is 11.8 Å². The Morgan fingerprint density at radius 3 is 2.48 bits per heavy atom. The molecule has 1 atom stereocenters. The molecule has 0 aromatic heterocycles. The Labute approximate surface area is 142 Å². The lowest BCUT2D eigenvalue weighted by Gasteiger charge is -2.17. The summed E-state index contributed by atoms with van der Waals surface area (Å²) in [6.45, 7) is 4.66. The molecular weight excluding hydrogens is 306 g/mol. The molecule has 0 spiro atoms. The largest absolute Gasteiger partial charge is 0.481 e. The molecule has 0 aliphatic rings. The first-order chi connectivity index (χ1) is 11.2. The third kappa shape index (κ3) is 5.99. The fourth-order valence-corrected chi connectivity index (χ4v) is 2.85. The maximum absolute atomic E-state index is 12.2. The van der Waals surface area contributed by atoms with E-state index < -0.39 is 6.10 Å². The first kappa shape index (κ1) is 17.4. The average Bonchev–Trinajstić information content (AvgIpc) is 2.59. The predicted octanol–water partition coefficient (Wildman–Crippen LogP) is 4.06. The van der Waals surface area contributed by atoms with Gasteiger partial charge in [0.05, 0.1) is 0 Å². The third-order valence-electron chi connectivity index (χ3n) is 3.38. The zero-order valence-corrected chi connectivity index (χ0v) is 14.4. The highest BCUT2D eigenvalue weighted by Gasteiger charge is 2.17. The predicted molar refractivity (Wildman–Crippen MR) is 96.1 cm³/mol. The second-order valence-corrected chi connectivity index (χ2v) is 6.45. The summed E-state index contributed by atoms with van der Waals surface area (Å²) in [6, 6.07) is 17.9. The van der Waals surface area contributed by atoms with E-state index >= 15 is 0 Å². The van der Waals surface area contributed by atoms with E-state index in [1.165, 1.54) is 10.5 Å². The summed E-state index contributed by atoms with van der Waals surface area (Å²) in [5, 5.41) is 2.95. The molecule has 0 aliphatic carbocycles. The molecule has 0 bridgehead atoms. The fraction of sp³-hybridized carbons (Fsp3) is 0.316. The van der Waals surface area contributed by atoms with Gasteiger partial charge in [0.25, 0.3) is 5.91 Å². The number of ether oxygens (including phenoxy) is 1. The molecule has 0 saturated carbocycles. The van der Waals surface area contributed by atoms with Crippen molar-refractivity contribution in [2.24, 2.45) is 0 Å². The van der Waals surface area contributed by atoms with Gasteiger partial charge in [0, 0.05) is 17.2 Å². The van der Waals surface area contributed by atoms with E-state index in [0.717, 1.165) is 11.5 Å². The van der Waals surface area contributed by atoms with Crippen LogP contribution in [0.3, 0.4) is 0 Å². The Balaban J connectivity index is 1.73. The van der Waals surface area contributed by atoms with Crippen molar-refractivity contribution in [2.75, 3.05) is 12.3 Å². The molecule has 122 valence electrons. The molecule has 23 heavy (non-hydrogen) atoms. The summed E-state index contributed by atoms with van der Waals surface area (Å²) in [7, 11) is 0. The lowest BCUT2D eigenvalue weighted by molar-refractivity contribution is -0.127. The first-order valence-corrected chi connectivity index (χ1v) is 8.86. The number of benzene rings is 2. The lowest BCUT2D eigenvalue weighted by Crippen LogP contribution is -2.39. The van der Waals surface area contributed by atoms with Crippen molar-refractivity contribution in [2.45, 2.75) is 31.3 Å². The van der Waals surface area contributed by atoms with Crippen molar-refractivity contribution in [3.05, 3.63) is 60.2 Å². The lowest BCUT2D eigenvalue weighted by atomic mass is 10.2. The highest BCUT2D eigenvalue weighted by atomic mass is 32.2. The van der Waals surface area contributed by atoms with Gasteiger partial charge in [-0.25, -0.2) is 0 Å². The summed E-state index contributed by atoms with van der Waals surface area (Å²) < 4.78 is 5.74. The minimum atomic E-state index is -0.443. The highest BCUT2D eigenvalue weighted by Crippen LogP contribution is 2.17. The van der Waals surface area contributed by atoms with E-state index in [2.05, 4.69) is 36.5 Å². The van der Waals surface area contributed by atoms with Gasteiger partial charge in [0.2, 0.25) is 0 Å². The number of aryl methyl sites for hydroxylation is 1. The monoisotopic (exact) mass is 329 g/mol. The normalized spacial score (nSPS) is 11.7. The SMILES string of the molecule is CC[C@@H](Oc1ccccc1)C(=O)NCCSc1ccc(C)cc1. The number of hydrogen-bond donors (Lipinski definition) is 1. The van der Waals surface area contributed by atoms with Crippen LogP contribution in [0.1, 0.15) is 18.9 Å². The zero-order chi connectivity index (χ0) is 16.5. The summed E-state index contributed by atoms with van der Waals surface area (Å²) in [5.41, 5.74) is 1.26. The minimum Gasteiger partial charge on any atom is -0.481 e. The second-order valence-electron chi connectivity index (χ2n) is 5.28. The molecule has 4 heteroatoms. The van der Waals surface area contributed by atoms with Crippen LogP contribution in [0.4, 0.5) is 0 Å². The maximum atomic E-state index is 12.2. The Hall–Kier alpha value is -1.94. The van der Waals surface area contributed by atoms with Crippen molar-refractivity contribution < 1.29 is 9.53 Å². The molecule has 0 heterocycles. The van der Waals surface area contributed by atoms with Gasteiger partial charge in [-0.3, -0.25) is 4.79 Å². The van der Waals surface area contributed by atoms with Crippen LogP contribution in [0.15, 0.2) is 59.5 Å². The average molecular weight is 329 g/mol. The molecular formula is C19H23NO2S. The van der Waals surface area contributed by atoms with Crippen LogP contribution in [0.2, 0.25) is 0 Å². The van der Waals surface area contributed by atoms with Gasteiger partial charge in [0.15, 0.2) is 6.10 Å². The van der Waals surface area contributed by atoms with Crippen molar-refractivity contribution in [3.8, 4) is 5.75 Å². The molecule has 3 nitrogen and oxygen atoms in total. The Morgan fingerprint density at radius 2 is 1.83 bits per heavy atom. The number of hydrogen-bond acceptors (Lipinski definition) is 3. The third-order valence-corrected chi connectivity index (χ3v) is 4.39. The van der Waals surface area contributed by atoms with Crippen molar-refractivity contribution in [3.63, 3.8) is 0 Å². The molecule has 2 aromatic rings. The number of nitrogens with one attached hydrogen (secondary N) is 1. The quantitative estimate of drug-likeness (QED) is 0.586. The highest BCUT2D eigenvalue weighted by molar-refractivity contribution is 7.99. The number of para-hydroxylation sites is 1. The standard InChI is InChI=1S/C19H23NO2S/c1-3-18(22-16-7-5-4-6-8-16)19(21)20-13-14-23-17-11-9-15(2)10-12-17/h4-12,18H,3,13-14H2,1-2H3,(H,20,21)/t18-/m1/s1. The maximum Gasteiger partial charge on any atom is 0.261 e. The Morgan fingerprint density at radius 1 is 1.13 bits per heavy atom. The molecule has 2 aromatic carbocycles. The van der Waals surface area contributed by atoms with Gasteiger partial charge in [0.1, 0.15) is 5.75 Å². The molecule has 0 unspecified atom stereocenters. The van der Waals surface area contributed by atoms with Crippen LogP contribution in [-0.2, 0) is 4.79 Å². The number of amides is 1. The molecule has 2 rings (SSSR count). The Kier molecular flexibility index (Phi) is 7.01. The number of carbonyl (C=O) groups excluding carboxylic acids is 1. The van der Waals surface area contributed by atoms with Gasteiger partial charge in [-0.2, -0.15) is 0 Å². The molecule has 0 aliphatic heterocycles. The minimum absolute atomic E-state index is 0.0548. The number of thioether (sulfide) groups is 1. The van der Waals surface area contributed by atoms with Crippen LogP contribution in [0.25, 0.3) is 0 Å². The van der Waals surface area contributed by atoms with E-state index in [1.54, 1.807) is 11.8 Å². The molecule has 0 saturated heterocycles. The molecule has 1 N–H and O–H groups in total. The van der Waals surface area contributed by atoms with E-state index in [4.69, 9.17) is 4.74 Å². The molecule has 0 radical (unpaired) electrons. The van der Waals surface area contributed by atoms with Crippen molar-refractivity contribution in [1.82, 2.24) is 5.32 Å². The van der Waals surface area contributed by atoms with Gasteiger partial charge in [-0.05, 0) is 37.6 Å². The van der Waals surface area contributed by atoms with Crippen molar-refractivity contribution >= 4 is 17.7 Å². The first-order valence-electron chi connectivity index (χ1n) is 7.88. The summed E-state index contributed by atoms with van der Waals surface area (Å²) in [5.74, 6) is 1.51. The topological polar surface area (TPSA) is 38.3 Å². The van der Waals surface area contributed by atoms with E-state index in [1.807, 2.05) is 37.3 Å². The number of carbonyl (C=O) groups is 1. The van der Waals surface area contributed by atoms with E-state index in [-0.39, 0.29) is 5.91 Å². The van der Waals surface area contributed by atoms with Gasteiger partial charge in [-0.15, -0.1) is 11.8 Å². The van der Waals surface area contributed by atoms with Gasteiger partial charge >= 0.3 is 0 Å². The molecule has 0 fully saturated rings. The van der Waals surface area contributed by atoms with Crippen LogP contribution in [-0.4, -0.2) is 24.3 Å². The summed E-state index contributed by atoms with van der Waals surface area (Å²) in [4.78, 5) is 13.4. The number of rotatable bonds is 8. The fourth-order valence-electron chi connectivity index (χ4n) is 2.08. The smallest absolute Gasteiger partial charge is 0.261 e. The van der Waals surface area contributed by atoms with E-state index in [0.29, 0.717) is 13.0 Å². The van der Waals surface area contributed by atoms with E-state index in [9.17, 15) is 4.79 Å². The molecule has 1 amide bonds. The summed E-state index contributed by atoms with van der Waals surface area (Å²) >= 11 is 1.74. The van der Waals surface area contributed by atoms with Crippen LogP contribution in [0.5, 0.6) is 5.75 Å². The van der Waals surface area contributed by atoms with Crippen molar-refractivity contribution in [1.29, 1.82) is 0 Å². The van der Waals surface area contributed by atoms with Crippen LogP contribution < -0.4 is 10.1 Å².